The third-order valence-electron chi connectivity index (χ3n) is 6.31. The van der Waals surface area contributed by atoms with Crippen LogP contribution in [0.3, 0.4) is 0 Å². The van der Waals surface area contributed by atoms with Gasteiger partial charge in [-0.3, -0.25) is 14.3 Å². The summed E-state index contributed by atoms with van der Waals surface area (Å²) in [5.41, 5.74) is 2.72. The molecule has 0 radical (unpaired) electrons. The van der Waals surface area contributed by atoms with Crippen molar-refractivity contribution in [2.45, 2.75) is 57.5 Å². The molecule has 0 amide bonds. The number of benzene rings is 1. The highest BCUT2D eigenvalue weighted by Gasteiger charge is 2.31. The topological polar surface area (TPSA) is 94.4 Å². The molecule has 2 atom stereocenters. The predicted octanol–water partition coefficient (Wildman–Crippen LogP) is 3.14. The zero-order valence-corrected chi connectivity index (χ0v) is 18.9. The number of hydrogen-bond acceptors (Lipinski definition) is 8. The van der Waals surface area contributed by atoms with Crippen LogP contribution in [0.5, 0.6) is 0 Å². The molecule has 3 heterocycles. The zero-order chi connectivity index (χ0) is 22.6. The molecule has 3 aromatic rings. The number of morpholine rings is 1. The second-order valence-corrected chi connectivity index (χ2v) is 8.87. The minimum Gasteiger partial charge on any atom is -0.463 e. The Morgan fingerprint density at radius 3 is 2.76 bits per heavy atom. The van der Waals surface area contributed by atoms with Gasteiger partial charge < -0.3 is 14.8 Å². The Hall–Kier alpha value is -3.04. The van der Waals surface area contributed by atoms with E-state index in [4.69, 9.17) is 9.47 Å². The lowest BCUT2D eigenvalue weighted by molar-refractivity contribution is -0.162. The molecule has 1 aliphatic heterocycles. The molecule has 1 N–H and O–H groups in total. The monoisotopic (exact) mass is 450 g/mol. The highest BCUT2D eigenvalue weighted by molar-refractivity contribution is 5.82. The lowest BCUT2D eigenvalue weighted by Gasteiger charge is -2.38. The predicted molar refractivity (Wildman–Crippen MR) is 123 cm³/mol. The number of nitrogens with zero attached hydrogens (tertiary/aromatic N) is 5. The van der Waals surface area contributed by atoms with E-state index in [0.29, 0.717) is 19.1 Å². The van der Waals surface area contributed by atoms with Gasteiger partial charge in [-0.05, 0) is 18.4 Å². The molecule has 2 aliphatic rings. The number of carbonyl (C=O) groups is 1. The van der Waals surface area contributed by atoms with Gasteiger partial charge >= 0.3 is 5.97 Å². The Balaban J connectivity index is 1.39. The third-order valence-corrected chi connectivity index (χ3v) is 6.31. The van der Waals surface area contributed by atoms with Crippen LogP contribution in [-0.4, -0.2) is 62.2 Å². The van der Waals surface area contributed by atoms with Crippen LogP contribution in [0.15, 0.2) is 43.0 Å². The number of imidazole rings is 1. The molecule has 2 aromatic heterocycles. The normalized spacial score (nSPS) is 22.0. The SMILES string of the molecule is CC(=O)OC[C@@H]1CN(Cc2ccccc2)C[C@H](n2cnc3c(NC4CCCC4)ncnc32)O1. The lowest BCUT2D eigenvalue weighted by atomic mass is 10.2. The first-order valence-corrected chi connectivity index (χ1v) is 11.6. The number of ether oxygens (including phenoxy) is 2. The van der Waals surface area contributed by atoms with Crippen molar-refractivity contribution in [2.75, 3.05) is 25.0 Å². The van der Waals surface area contributed by atoms with E-state index in [1.165, 1.54) is 25.3 Å². The van der Waals surface area contributed by atoms with Crippen LogP contribution < -0.4 is 5.32 Å². The Morgan fingerprint density at radius 2 is 1.97 bits per heavy atom. The van der Waals surface area contributed by atoms with E-state index < -0.39 is 0 Å². The second kappa shape index (κ2) is 9.84. The first-order valence-electron chi connectivity index (χ1n) is 11.6. The molecule has 0 unspecified atom stereocenters. The Morgan fingerprint density at radius 1 is 1.15 bits per heavy atom. The molecule has 1 aromatic carbocycles. The maximum atomic E-state index is 11.4. The van der Waals surface area contributed by atoms with Gasteiger partial charge in [-0.15, -0.1) is 0 Å². The zero-order valence-electron chi connectivity index (χ0n) is 18.9. The summed E-state index contributed by atoms with van der Waals surface area (Å²) in [6, 6.07) is 10.8. The summed E-state index contributed by atoms with van der Waals surface area (Å²) >= 11 is 0. The molecule has 174 valence electrons. The van der Waals surface area contributed by atoms with Crippen molar-refractivity contribution in [1.82, 2.24) is 24.4 Å². The maximum absolute atomic E-state index is 11.4. The molecule has 9 nitrogen and oxygen atoms in total. The molecule has 9 heteroatoms. The fourth-order valence-corrected chi connectivity index (χ4v) is 4.75. The fourth-order valence-electron chi connectivity index (χ4n) is 4.75. The van der Waals surface area contributed by atoms with E-state index in [1.807, 2.05) is 22.8 Å². The lowest BCUT2D eigenvalue weighted by Crippen LogP contribution is -2.47. The molecule has 0 bridgehead atoms. The smallest absolute Gasteiger partial charge is 0.302 e. The summed E-state index contributed by atoms with van der Waals surface area (Å²) < 4.78 is 13.6. The number of carbonyl (C=O) groups excluding carboxylic acids is 1. The summed E-state index contributed by atoms with van der Waals surface area (Å²) in [5.74, 6) is 0.470. The first kappa shape index (κ1) is 21.8. The number of anilines is 1. The van der Waals surface area contributed by atoms with E-state index in [9.17, 15) is 4.79 Å². The van der Waals surface area contributed by atoms with Crippen LogP contribution in [-0.2, 0) is 20.8 Å². The average molecular weight is 451 g/mol. The average Bonchev–Trinajstić information content (AvgIpc) is 3.49. The van der Waals surface area contributed by atoms with Crippen LogP contribution in [0, 0.1) is 0 Å². The fraction of sp³-hybridized carbons (Fsp3) is 0.500. The van der Waals surface area contributed by atoms with Crippen molar-refractivity contribution >= 4 is 23.0 Å². The van der Waals surface area contributed by atoms with E-state index in [2.05, 4.69) is 37.3 Å². The maximum Gasteiger partial charge on any atom is 0.302 e. The molecular weight excluding hydrogens is 420 g/mol. The van der Waals surface area contributed by atoms with Crippen molar-refractivity contribution in [3.8, 4) is 0 Å². The summed E-state index contributed by atoms with van der Waals surface area (Å²) in [6.45, 7) is 3.77. The van der Waals surface area contributed by atoms with E-state index >= 15 is 0 Å². The molecule has 1 saturated heterocycles. The van der Waals surface area contributed by atoms with Gasteiger partial charge in [-0.2, -0.15) is 0 Å². The van der Waals surface area contributed by atoms with Gasteiger partial charge in [0, 0.05) is 32.6 Å². The minimum absolute atomic E-state index is 0.215. The largest absolute Gasteiger partial charge is 0.463 e. The standard InChI is InChI=1S/C24H30N6O3/c1-17(31)32-14-20-12-29(11-18-7-3-2-4-8-18)13-21(33-20)30-16-27-22-23(25-15-26-24(22)30)28-19-9-5-6-10-19/h2-4,7-8,15-16,19-21H,5-6,9-14H2,1H3,(H,25,26,28)/t20-,21+/m0/s1. The summed E-state index contributed by atoms with van der Waals surface area (Å²) in [7, 11) is 0. The third kappa shape index (κ3) is 5.15. The van der Waals surface area contributed by atoms with Crippen molar-refractivity contribution in [3.63, 3.8) is 0 Å². The molecule has 0 spiro atoms. The van der Waals surface area contributed by atoms with Crippen LogP contribution in [0.25, 0.3) is 11.2 Å². The number of fused-ring (bicyclic) bond motifs is 1. The number of nitrogens with one attached hydrogen (secondary N) is 1. The molecule has 1 saturated carbocycles. The summed E-state index contributed by atoms with van der Waals surface area (Å²) in [5, 5.41) is 3.55. The highest BCUT2D eigenvalue weighted by Crippen LogP contribution is 2.28. The van der Waals surface area contributed by atoms with Crippen molar-refractivity contribution < 1.29 is 14.3 Å². The van der Waals surface area contributed by atoms with Crippen molar-refractivity contribution in [3.05, 3.63) is 48.5 Å². The number of rotatable bonds is 7. The van der Waals surface area contributed by atoms with E-state index in [1.54, 1.807) is 12.7 Å². The van der Waals surface area contributed by atoms with Crippen molar-refractivity contribution in [1.29, 1.82) is 0 Å². The Labute approximate surface area is 193 Å². The van der Waals surface area contributed by atoms with Gasteiger partial charge in [-0.25, -0.2) is 15.0 Å². The van der Waals surface area contributed by atoms with Gasteiger partial charge in [0.1, 0.15) is 25.3 Å². The number of aromatic nitrogens is 4. The van der Waals surface area contributed by atoms with Crippen LogP contribution in [0.4, 0.5) is 5.82 Å². The van der Waals surface area contributed by atoms with Gasteiger partial charge in [0.15, 0.2) is 17.0 Å². The summed E-state index contributed by atoms with van der Waals surface area (Å²) in [6.07, 6.45) is 7.62. The molecule has 5 rings (SSSR count). The van der Waals surface area contributed by atoms with E-state index in [-0.39, 0.29) is 24.9 Å². The van der Waals surface area contributed by atoms with Crippen molar-refractivity contribution in [2.24, 2.45) is 0 Å². The number of hydrogen-bond donors (Lipinski definition) is 1. The van der Waals surface area contributed by atoms with Gasteiger partial charge in [0.05, 0.1) is 6.33 Å². The van der Waals surface area contributed by atoms with Gasteiger partial charge in [-0.1, -0.05) is 43.2 Å². The van der Waals surface area contributed by atoms with Crippen LogP contribution >= 0.6 is 0 Å². The van der Waals surface area contributed by atoms with Crippen LogP contribution in [0.2, 0.25) is 0 Å². The van der Waals surface area contributed by atoms with E-state index in [0.717, 1.165) is 36.4 Å². The van der Waals surface area contributed by atoms with Crippen LogP contribution in [0.1, 0.15) is 44.4 Å². The van der Waals surface area contributed by atoms with Gasteiger partial charge in [0.2, 0.25) is 0 Å². The molecule has 33 heavy (non-hydrogen) atoms. The quantitative estimate of drug-likeness (QED) is 0.549. The first-order chi connectivity index (χ1) is 16.2. The Bertz CT molecular complexity index is 1080. The molecule has 1 aliphatic carbocycles. The summed E-state index contributed by atoms with van der Waals surface area (Å²) in [4.78, 5) is 27.3. The second-order valence-electron chi connectivity index (χ2n) is 8.87. The van der Waals surface area contributed by atoms with Gasteiger partial charge in [0.25, 0.3) is 0 Å². The number of esters is 1. The molecular formula is C24H30N6O3. The minimum atomic E-state index is -0.307. The molecule has 2 fully saturated rings. The Kier molecular flexibility index (Phi) is 6.50. The highest BCUT2D eigenvalue weighted by atomic mass is 16.6.